The Morgan fingerprint density at radius 3 is 2.65 bits per heavy atom. The maximum atomic E-state index is 6.00. The standard InChI is InChI=1S/C12H14ClN3S/c13-12-14-9-5-8-17-10(9)11(15-12)16-6-3-1-2-4-7-16/h5,8H,1-4,6-7H2. The second-order valence-electron chi connectivity index (χ2n) is 4.35. The first kappa shape index (κ1) is 11.2. The Morgan fingerprint density at radius 2 is 1.88 bits per heavy atom. The molecule has 0 unspecified atom stereocenters. The summed E-state index contributed by atoms with van der Waals surface area (Å²) in [4.78, 5) is 11.0. The largest absolute Gasteiger partial charge is 0.355 e. The van der Waals surface area contributed by atoms with Crippen molar-refractivity contribution in [3.63, 3.8) is 0 Å². The van der Waals surface area contributed by atoms with Gasteiger partial charge in [0.2, 0.25) is 5.28 Å². The van der Waals surface area contributed by atoms with Crippen LogP contribution in [0.15, 0.2) is 11.4 Å². The van der Waals surface area contributed by atoms with E-state index in [-0.39, 0.29) is 0 Å². The topological polar surface area (TPSA) is 29.0 Å². The molecule has 3 nitrogen and oxygen atoms in total. The molecule has 0 aromatic carbocycles. The average Bonchev–Trinajstić information content (AvgIpc) is 2.62. The Kier molecular flexibility index (Phi) is 3.16. The fourth-order valence-corrected chi connectivity index (χ4v) is 3.34. The fourth-order valence-electron chi connectivity index (χ4n) is 2.32. The van der Waals surface area contributed by atoms with Crippen LogP contribution in [0.25, 0.3) is 10.2 Å². The molecule has 0 saturated carbocycles. The molecule has 1 saturated heterocycles. The molecule has 0 bridgehead atoms. The highest BCUT2D eigenvalue weighted by atomic mass is 35.5. The summed E-state index contributed by atoms with van der Waals surface area (Å²) >= 11 is 7.69. The van der Waals surface area contributed by atoms with E-state index in [1.807, 2.05) is 6.07 Å². The van der Waals surface area contributed by atoms with Crippen molar-refractivity contribution in [1.82, 2.24) is 9.97 Å². The number of hydrogen-bond acceptors (Lipinski definition) is 4. The lowest BCUT2D eigenvalue weighted by molar-refractivity contribution is 0.726. The van der Waals surface area contributed by atoms with Gasteiger partial charge in [0.25, 0.3) is 0 Å². The molecule has 2 aromatic rings. The number of hydrogen-bond donors (Lipinski definition) is 0. The highest BCUT2D eigenvalue weighted by molar-refractivity contribution is 7.17. The van der Waals surface area contributed by atoms with Crippen LogP contribution in [0, 0.1) is 0 Å². The van der Waals surface area contributed by atoms with Gasteiger partial charge in [-0.2, -0.15) is 4.98 Å². The SMILES string of the molecule is Clc1nc(N2CCCCCC2)c2sccc2n1. The van der Waals surface area contributed by atoms with E-state index in [0.717, 1.165) is 29.1 Å². The zero-order chi connectivity index (χ0) is 11.7. The quantitative estimate of drug-likeness (QED) is 0.738. The predicted octanol–water partition coefficient (Wildman–Crippen LogP) is 3.73. The molecule has 2 aromatic heterocycles. The van der Waals surface area contributed by atoms with E-state index in [1.165, 1.54) is 25.7 Å². The van der Waals surface area contributed by atoms with Crippen molar-refractivity contribution >= 4 is 39.0 Å². The van der Waals surface area contributed by atoms with E-state index in [1.54, 1.807) is 11.3 Å². The lowest BCUT2D eigenvalue weighted by Crippen LogP contribution is -2.25. The van der Waals surface area contributed by atoms with Crippen LogP contribution in [-0.2, 0) is 0 Å². The maximum Gasteiger partial charge on any atom is 0.224 e. The van der Waals surface area contributed by atoms with Crippen LogP contribution in [0.3, 0.4) is 0 Å². The molecular weight excluding hydrogens is 254 g/mol. The minimum Gasteiger partial charge on any atom is -0.355 e. The van der Waals surface area contributed by atoms with Crippen molar-refractivity contribution in [3.8, 4) is 0 Å². The number of rotatable bonds is 1. The molecule has 1 aliphatic rings. The first-order valence-electron chi connectivity index (χ1n) is 6.00. The highest BCUT2D eigenvalue weighted by Crippen LogP contribution is 2.31. The van der Waals surface area contributed by atoms with Crippen LogP contribution >= 0.6 is 22.9 Å². The molecule has 5 heteroatoms. The van der Waals surface area contributed by atoms with Gasteiger partial charge in [0.05, 0.1) is 10.2 Å². The first-order valence-corrected chi connectivity index (χ1v) is 7.26. The molecule has 0 N–H and O–H groups in total. The van der Waals surface area contributed by atoms with Gasteiger partial charge in [-0.15, -0.1) is 11.3 Å². The Labute approximate surface area is 109 Å². The number of thiophene rings is 1. The number of fused-ring (bicyclic) bond motifs is 1. The zero-order valence-electron chi connectivity index (χ0n) is 9.53. The van der Waals surface area contributed by atoms with Gasteiger partial charge in [-0.1, -0.05) is 12.8 Å². The van der Waals surface area contributed by atoms with E-state index in [0.29, 0.717) is 5.28 Å². The van der Waals surface area contributed by atoms with Crippen molar-refractivity contribution in [2.75, 3.05) is 18.0 Å². The van der Waals surface area contributed by atoms with Gasteiger partial charge < -0.3 is 4.90 Å². The van der Waals surface area contributed by atoms with Gasteiger partial charge in [0, 0.05) is 13.1 Å². The summed E-state index contributed by atoms with van der Waals surface area (Å²) in [6.45, 7) is 2.17. The molecule has 17 heavy (non-hydrogen) atoms. The number of nitrogens with zero attached hydrogens (tertiary/aromatic N) is 3. The average molecular weight is 268 g/mol. The molecule has 3 rings (SSSR count). The van der Waals surface area contributed by atoms with Gasteiger partial charge in [0.1, 0.15) is 0 Å². The molecule has 0 radical (unpaired) electrons. The van der Waals surface area contributed by atoms with E-state index in [4.69, 9.17) is 11.6 Å². The van der Waals surface area contributed by atoms with Crippen molar-refractivity contribution in [2.45, 2.75) is 25.7 Å². The third-order valence-electron chi connectivity index (χ3n) is 3.16. The predicted molar refractivity (Wildman–Crippen MR) is 73.1 cm³/mol. The van der Waals surface area contributed by atoms with Crippen LogP contribution in [0.5, 0.6) is 0 Å². The second-order valence-corrected chi connectivity index (χ2v) is 5.61. The minimum atomic E-state index is 0.357. The molecule has 0 spiro atoms. The molecule has 0 atom stereocenters. The van der Waals surface area contributed by atoms with Crippen molar-refractivity contribution in [3.05, 3.63) is 16.7 Å². The summed E-state index contributed by atoms with van der Waals surface area (Å²) in [5.74, 6) is 1.02. The molecule has 0 aliphatic carbocycles. The molecule has 1 fully saturated rings. The minimum absolute atomic E-state index is 0.357. The highest BCUT2D eigenvalue weighted by Gasteiger charge is 2.16. The Balaban J connectivity index is 2.05. The van der Waals surface area contributed by atoms with Gasteiger partial charge >= 0.3 is 0 Å². The van der Waals surface area contributed by atoms with Gasteiger partial charge in [-0.05, 0) is 35.9 Å². The van der Waals surface area contributed by atoms with Crippen LogP contribution in [0.1, 0.15) is 25.7 Å². The number of aromatic nitrogens is 2. The van der Waals surface area contributed by atoms with Gasteiger partial charge in [-0.25, -0.2) is 4.98 Å². The Bertz CT molecular complexity index is 517. The van der Waals surface area contributed by atoms with E-state index in [9.17, 15) is 0 Å². The van der Waals surface area contributed by atoms with E-state index < -0.39 is 0 Å². The van der Waals surface area contributed by atoms with Crippen LogP contribution in [0.4, 0.5) is 5.82 Å². The normalized spacial score (nSPS) is 17.4. The lowest BCUT2D eigenvalue weighted by Gasteiger charge is -2.21. The second kappa shape index (κ2) is 4.78. The van der Waals surface area contributed by atoms with Crippen molar-refractivity contribution in [2.24, 2.45) is 0 Å². The Hall–Kier alpha value is -0.870. The monoisotopic (exact) mass is 267 g/mol. The molecule has 0 amide bonds. The first-order chi connectivity index (χ1) is 8.34. The summed E-state index contributed by atoms with van der Waals surface area (Å²) in [6, 6.07) is 2.01. The zero-order valence-corrected chi connectivity index (χ0v) is 11.1. The third kappa shape index (κ3) is 2.24. The number of halogens is 1. The van der Waals surface area contributed by atoms with Crippen LogP contribution in [0.2, 0.25) is 5.28 Å². The smallest absolute Gasteiger partial charge is 0.224 e. The Morgan fingerprint density at radius 1 is 1.12 bits per heavy atom. The molecular formula is C12H14ClN3S. The maximum absolute atomic E-state index is 6.00. The fraction of sp³-hybridized carbons (Fsp3) is 0.500. The van der Waals surface area contributed by atoms with E-state index in [2.05, 4.69) is 20.2 Å². The van der Waals surface area contributed by atoms with Crippen molar-refractivity contribution in [1.29, 1.82) is 0 Å². The number of anilines is 1. The van der Waals surface area contributed by atoms with Gasteiger partial charge in [0.15, 0.2) is 5.82 Å². The van der Waals surface area contributed by atoms with Gasteiger partial charge in [-0.3, -0.25) is 0 Å². The summed E-state index contributed by atoms with van der Waals surface area (Å²) in [6.07, 6.45) is 5.13. The molecule has 90 valence electrons. The molecule has 3 heterocycles. The third-order valence-corrected chi connectivity index (χ3v) is 4.23. The summed E-state index contributed by atoms with van der Waals surface area (Å²) in [5, 5.41) is 2.41. The summed E-state index contributed by atoms with van der Waals surface area (Å²) in [5.41, 5.74) is 0.967. The molecule has 1 aliphatic heterocycles. The summed E-state index contributed by atoms with van der Waals surface area (Å²) in [7, 11) is 0. The summed E-state index contributed by atoms with van der Waals surface area (Å²) < 4.78 is 1.16. The van der Waals surface area contributed by atoms with Crippen LogP contribution < -0.4 is 4.90 Å². The van der Waals surface area contributed by atoms with Crippen LogP contribution in [-0.4, -0.2) is 23.1 Å². The lowest BCUT2D eigenvalue weighted by atomic mass is 10.2. The van der Waals surface area contributed by atoms with Crippen molar-refractivity contribution < 1.29 is 0 Å². The van der Waals surface area contributed by atoms with E-state index >= 15 is 0 Å².